The van der Waals surface area contributed by atoms with Crippen molar-refractivity contribution in [2.24, 2.45) is 0 Å². The molecule has 0 aliphatic heterocycles. The van der Waals surface area contributed by atoms with Gasteiger partial charge in [-0.05, 0) is 40.6 Å². The average molecular weight is 277 g/mol. The van der Waals surface area contributed by atoms with Gasteiger partial charge in [-0.3, -0.25) is 0 Å². The maximum Gasteiger partial charge on any atom is 0.338 e. The van der Waals surface area contributed by atoms with Crippen LogP contribution in [0.3, 0.4) is 0 Å². The molecule has 0 spiro atoms. The Balaban J connectivity index is 3.29. The van der Waals surface area contributed by atoms with Gasteiger partial charge < -0.3 is 5.11 Å². The van der Waals surface area contributed by atoms with Gasteiger partial charge in [-0.15, -0.1) is 0 Å². The first-order valence-corrected chi connectivity index (χ1v) is 4.61. The van der Waals surface area contributed by atoms with E-state index in [4.69, 9.17) is 5.11 Å². The van der Waals surface area contributed by atoms with E-state index in [2.05, 4.69) is 4.98 Å². The van der Waals surface area contributed by atoms with Crippen molar-refractivity contribution >= 4 is 28.6 Å². The molecule has 0 atom stereocenters. The van der Waals surface area contributed by atoms with Gasteiger partial charge in [0.15, 0.2) is 0 Å². The Kier molecular flexibility index (Phi) is 3.02. The molecule has 3 nitrogen and oxygen atoms in total. The van der Waals surface area contributed by atoms with Gasteiger partial charge in [0.2, 0.25) is 0 Å². The molecule has 0 unspecified atom stereocenters. The molecule has 0 aromatic carbocycles. The number of aromatic nitrogens is 1. The van der Waals surface area contributed by atoms with Gasteiger partial charge in [0.25, 0.3) is 0 Å². The van der Waals surface area contributed by atoms with Gasteiger partial charge in [-0.2, -0.15) is 0 Å². The summed E-state index contributed by atoms with van der Waals surface area (Å²) < 4.78 is 0.555. The number of nitrogens with zero attached hydrogens (tertiary/aromatic N) is 1. The second kappa shape index (κ2) is 3.84. The number of rotatable bonds is 2. The van der Waals surface area contributed by atoms with Gasteiger partial charge in [0, 0.05) is 6.20 Å². The number of hydrogen-bond acceptors (Lipinski definition) is 2. The largest absolute Gasteiger partial charge is 0.478 e. The molecule has 1 aromatic heterocycles. The summed E-state index contributed by atoms with van der Waals surface area (Å²) in [5.74, 6) is -0.899. The van der Waals surface area contributed by atoms with Crippen LogP contribution in [0.25, 0.3) is 0 Å². The van der Waals surface area contributed by atoms with E-state index in [1.165, 1.54) is 0 Å². The maximum atomic E-state index is 10.8. The predicted octanol–water partition coefficient (Wildman–Crippen LogP) is 1.95. The quantitative estimate of drug-likeness (QED) is 0.664. The first-order chi connectivity index (χ1) is 5.66. The van der Waals surface area contributed by atoms with Gasteiger partial charge in [0.05, 0.1) is 5.56 Å². The number of aromatic carboxylic acids is 1. The molecule has 0 bridgehead atoms. The normalized spacial score (nSPS) is 9.83. The minimum Gasteiger partial charge on any atom is -0.478 e. The molecule has 0 aliphatic carbocycles. The lowest BCUT2D eigenvalue weighted by atomic mass is 10.1. The van der Waals surface area contributed by atoms with Crippen LogP contribution in [0, 0.1) is 3.70 Å². The number of carboxylic acids is 1. The van der Waals surface area contributed by atoms with E-state index in [0.29, 0.717) is 9.26 Å². The summed E-state index contributed by atoms with van der Waals surface area (Å²) in [6.07, 6.45) is 2.35. The number of carbonyl (C=O) groups is 1. The van der Waals surface area contributed by atoms with E-state index < -0.39 is 5.97 Å². The Labute approximate surface area is 84.0 Å². The first kappa shape index (κ1) is 9.44. The zero-order valence-corrected chi connectivity index (χ0v) is 8.70. The van der Waals surface area contributed by atoms with Gasteiger partial charge in [-0.25, -0.2) is 9.78 Å². The van der Waals surface area contributed by atoms with Crippen molar-refractivity contribution in [2.45, 2.75) is 13.3 Å². The smallest absolute Gasteiger partial charge is 0.338 e. The molecule has 1 aromatic rings. The Hall–Kier alpha value is -0.650. The summed E-state index contributed by atoms with van der Waals surface area (Å²) in [6.45, 7) is 1.93. The van der Waals surface area contributed by atoms with E-state index in [0.717, 1.165) is 12.0 Å². The summed E-state index contributed by atoms with van der Waals surface area (Å²) in [5, 5.41) is 8.83. The molecule has 1 heterocycles. The molecule has 1 N–H and O–H groups in total. The third kappa shape index (κ3) is 1.74. The zero-order valence-electron chi connectivity index (χ0n) is 6.54. The minimum atomic E-state index is -0.899. The molecule has 0 radical (unpaired) electrons. The number of pyridine rings is 1. The standard InChI is InChI=1S/C8H8INO2/c1-2-5-3-4-10-7(9)6(5)8(11)12/h3-4H,2H2,1H3,(H,11,12). The number of hydrogen-bond donors (Lipinski definition) is 1. The van der Waals surface area contributed by atoms with Crippen LogP contribution < -0.4 is 0 Å². The molecule has 12 heavy (non-hydrogen) atoms. The van der Waals surface area contributed by atoms with Crippen LogP contribution in [0.1, 0.15) is 22.8 Å². The average Bonchev–Trinajstić information content (AvgIpc) is 2.03. The van der Waals surface area contributed by atoms with Crippen LogP contribution in [0.4, 0.5) is 0 Å². The third-order valence-corrected chi connectivity index (χ3v) is 2.40. The van der Waals surface area contributed by atoms with E-state index in [1.54, 1.807) is 12.3 Å². The van der Waals surface area contributed by atoms with Crippen molar-refractivity contribution in [3.05, 3.63) is 27.1 Å². The molecule has 0 saturated heterocycles. The molecular weight excluding hydrogens is 269 g/mol. The fourth-order valence-electron chi connectivity index (χ4n) is 0.993. The molecule has 4 heteroatoms. The fraction of sp³-hybridized carbons (Fsp3) is 0.250. The molecular formula is C8H8INO2. The van der Waals surface area contributed by atoms with Crippen LogP contribution in [0.2, 0.25) is 0 Å². The Bertz CT molecular complexity index is 312. The van der Waals surface area contributed by atoms with E-state index >= 15 is 0 Å². The topological polar surface area (TPSA) is 50.2 Å². The second-order valence-electron chi connectivity index (χ2n) is 2.29. The van der Waals surface area contributed by atoms with Crippen molar-refractivity contribution in [1.82, 2.24) is 4.98 Å². The van der Waals surface area contributed by atoms with Crippen molar-refractivity contribution < 1.29 is 9.90 Å². The van der Waals surface area contributed by atoms with Crippen LogP contribution in [0.5, 0.6) is 0 Å². The molecule has 0 saturated carbocycles. The highest BCUT2D eigenvalue weighted by atomic mass is 127. The summed E-state index contributed by atoms with van der Waals surface area (Å²) in [7, 11) is 0. The van der Waals surface area contributed by atoms with Crippen LogP contribution in [0.15, 0.2) is 12.3 Å². The van der Waals surface area contributed by atoms with Gasteiger partial charge >= 0.3 is 5.97 Å². The van der Waals surface area contributed by atoms with Crippen molar-refractivity contribution in [3.8, 4) is 0 Å². The SMILES string of the molecule is CCc1ccnc(I)c1C(=O)O. The highest BCUT2D eigenvalue weighted by Crippen LogP contribution is 2.14. The second-order valence-corrected chi connectivity index (χ2v) is 3.32. The number of aryl methyl sites for hydroxylation is 1. The minimum absolute atomic E-state index is 0.334. The highest BCUT2D eigenvalue weighted by Gasteiger charge is 2.12. The van der Waals surface area contributed by atoms with E-state index in [-0.39, 0.29) is 0 Å². The highest BCUT2D eigenvalue weighted by molar-refractivity contribution is 14.1. The van der Waals surface area contributed by atoms with Gasteiger partial charge in [-0.1, -0.05) is 6.92 Å². The maximum absolute atomic E-state index is 10.8. The predicted molar refractivity (Wildman–Crippen MR) is 53.3 cm³/mol. The lowest BCUT2D eigenvalue weighted by molar-refractivity contribution is 0.0694. The van der Waals surface area contributed by atoms with E-state index in [1.807, 2.05) is 29.5 Å². The first-order valence-electron chi connectivity index (χ1n) is 3.53. The van der Waals surface area contributed by atoms with Crippen LogP contribution in [-0.4, -0.2) is 16.1 Å². The number of halogens is 1. The van der Waals surface area contributed by atoms with Crippen molar-refractivity contribution in [3.63, 3.8) is 0 Å². The summed E-state index contributed by atoms with van der Waals surface area (Å²) in [5.41, 5.74) is 1.17. The van der Waals surface area contributed by atoms with Crippen LogP contribution in [-0.2, 0) is 6.42 Å². The molecule has 0 amide bonds. The van der Waals surface area contributed by atoms with Crippen molar-refractivity contribution in [1.29, 1.82) is 0 Å². The Morgan fingerprint density at radius 1 is 1.75 bits per heavy atom. The fourth-order valence-corrected chi connectivity index (χ4v) is 1.73. The molecule has 1 rings (SSSR count). The Morgan fingerprint density at radius 3 is 2.83 bits per heavy atom. The lowest BCUT2D eigenvalue weighted by Gasteiger charge is -2.03. The number of carboxylic acid groups (broad SMARTS) is 1. The van der Waals surface area contributed by atoms with Crippen molar-refractivity contribution in [2.75, 3.05) is 0 Å². The lowest BCUT2D eigenvalue weighted by Crippen LogP contribution is -2.06. The van der Waals surface area contributed by atoms with Crippen LogP contribution >= 0.6 is 22.6 Å². The van der Waals surface area contributed by atoms with Gasteiger partial charge in [0.1, 0.15) is 3.70 Å². The summed E-state index contributed by atoms with van der Waals surface area (Å²) in [4.78, 5) is 14.7. The summed E-state index contributed by atoms with van der Waals surface area (Å²) in [6, 6.07) is 1.74. The third-order valence-electron chi connectivity index (χ3n) is 1.59. The van der Waals surface area contributed by atoms with E-state index in [9.17, 15) is 4.79 Å². The molecule has 0 aliphatic rings. The molecule has 0 fully saturated rings. The monoisotopic (exact) mass is 277 g/mol. The summed E-state index contributed by atoms with van der Waals surface area (Å²) >= 11 is 1.93. The molecule has 64 valence electrons. The zero-order chi connectivity index (χ0) is 9.14. The Morgan fingerprint density at radius 2 is 2.42 bits per heavy atom.